The van der Waals surface area contributed by atoms with E-state index in [-0.39, 0.29) is 11.8 Å². The second kappa shape index (κ2) is 9.14. The smallest absolute Gasteiger partial charge is 0.265 e. The van der Waals surface area contributed by atoms with Gasteiger partial charge in [0, 0.05) is 29.7 Å². The van der Waals surface area contributed by atoms with Gasteiger partial charge in [-0.3, -0.25) is 9.59 Å². The molecular weight excluding hydrogens is 473 g/mol. The summed E-state index contributed by atoms with van der Waals surface area (Å²) in [5, 5.41) is 1.05. The van der Waals surface area contributed by atoms with Crippen molar-refractivity contribution in [1.29, 1.82) is 0 Å². The molecule has 1 aromatic carbocycles. The van der Waals surface area contributed by atoms with Gasteiger partial charge in [0.05, 0.1) is 16.3 Å². The highest BCUT2D eigenvalue weighted by molar-refractivity contribution is 14.1. The molecule has 2 aromatic rings. The number of hydrogen-bond donors (Lipinski definition) is 0. The molecule has 0 bridgehead atoms. The Morgan fingerprint density at radius 1 is 1.11 bits per heavy atom. The maximum atomic E-state index is 12.9. The van der Waals surface area contributed by atoms with Gasteiger partial charge in [-0.25, -0.2) is 4.98 Å². The van der Waals surface area contributed by atoms with Crippen LogP contribution in [0.25, 0.3) is 0 Å². The predicted octanol–water partition coefficient (Wildman–Crippen LogP) is 4.00. The Labute approximate surface area is 177 Å². The van der Waals surface area contributed by atoms with Gasteiger partial charge in [-0.1, -0.05) is 25.5 Å². The quantitative estimate of drug-likeness (QED) is 0.587. The first-order chi connectivity index (χ1) is 13.0. The number of amides is 2. The number of halogens is 1. The summed E-state index contributed by atoms with van der Waals surface area (Å²) in [6, 6.07) is 7.62. The van der Waals surface area contributed by atoms with Crippen LogP contribution in [0.5, 0.6) is 0 Å². The number of piperazine rings is 1. The fraction of sp³-hybridized carbons (Fsp3) is 0.450. The average molecular weight is 497 g/mol. The number of unbranched alkanes of at least 4 members (excludes halogenated alkanes) is 1. The molecule has 1 aliphatic heterocycles. The standard InChI is InChI=1S/C20H24IN3O2S/c1-3-4-9-17-22-14(2)18(27-17)20(26)24-12-10-23(11-13-24)19(25)15-7-5-6-8-16(15)21/h5-8H,3-4,9-13H2,1-2H3. The lowest BCUT2D eigenvalue weighted by atomic mass is 10.2. The van der Waals surface area contributed by atoms with Gasteiger partial charge in [0.2, 0.25) is 0 Å². The molecule has 0 N–H and O–H groups in total. The second-order valence-corrected chi connectivity index (χ2v) is 8.94. The normalized spacial score (nSPS) is 14.5. The summed E-state index contributed by atoms with van der Waals surface area (Å²) in [7, 11) is 0. The molecule has 27 heavy (non-hydrogen) atoms. The summed E-state index contributed by atoms with van der Waals surface area (Å²) < 4.78 is 0.957. The van der Waals surface area contributed by atoms with Gasteiger partial charge in [0.15, 0.2) is 0 Å². The van der Waals surface area contributed by atoms with Crippen LogP contribution in [-0.4, -0.2) is 52.8 Å². The third kappa shape index (κ3) is 4.68. The Morgan fingerprint density at radius 2 is 1.74 bits per heavy atom. The number of aryl methyl sites for hydroxylation is 2. The number of carbonyl (C=O) groups is 2. The number of aromatic nitrogens is 1. The van der Waals surface area contributed by atoms with Crippen LogP contribution in [-0.2, 0) is 6.42 Å². The topological polar surface area (TPSA) is 53.5 Å². The minimum absolute atomic E-state index is 0.0444. The van der Waals surface area contributed by atoms with E-state index in [2.05, 4.69) is 34.5 Å². The lowest BCUT2D eigenvalue weighted by Gasteiger charge is -2.34. The molecule has 1 saturated heterocycles. The molecule has 1 aliphatic rings. The van der Waals surface area contributed by atoms with Crippen molar-refractivity contribution in [2.45, 2.75) is 33.1 Å². The van der Waals surface area contributed by atoms with E-state index >= 15 is 0 Å². The monoisotopic (exact) mass is 497 g/mol. The summed E-state index contributed by atoms with van der Waals surface area (Å²) in [5.41, 5.74) is 1.56. The number of rotatable bonds is 5. The Morgan fingerprint density at radius 3 is 2.37 bits per heavy atom. The summed E-state index contributed by atoms with van der Waals surface area (Å²) >= 11 is 3.72. The van der Waals surface area contributed by atoms with Crippen LogP contribution < -0.4 is 0 Å². The molecule has 0 atom stereocenters. The highest BCUT2D eigenvalue weighted by atomic mass is 127. The third-order valence-corrected chi connectivity index (χ3v) is 6.88. The van der Waals surface area contributed by atoms with Gasteiger partial charge in [-0.2, -0.15) is 0 Å². The van der Waals surface area contributed by atoms with Crippen LogP contribution in [0.4, 0.5) is 0 Å². The van der Waals surface area contributed by atoms with Gasteiger partial charge < -0.3 is 9.80 Å². The molecule has 5 nitrogen and oxygen atoms in total. The molecule has 7 heteroatoms. The SMILES string of the molecule is CCCCc1nc(C)c(C(=O)N2CCN(C(=O)c3ccccc3I)CC2)s1. The van der Waals surface area contributed by atoms with Gasteiger partial charge in [0.25, 0.3) is 11.8 Å². The van der Waals surface area contributed by atoms with Crippen molar-refractivity contribution in [2.75, 3.05) is 26.2 Å². The molecule has 1 aromatic heterocycles. The first-order valence-electron chi connectivity index (χ1n) is 9.30. The Kier molecular flexibility index (Phi) is 6.86. The van der Waals surface area contributed by atoms with Crippen LogP contribution in [0.1, 0.15) is 50.5 Å². The van der Waals surface area contributed by atoms with E-state index in [0.717, 1.165) is 44.0 Å². The Hall–Kier alpha value is -1.48. The molecule has 0 unspecified atom stereocenters. The van der Waals surface area contributed by atoms with Gasteiger partial charge in [-0.05, 0) is 54.5 Å². The van der Waals surface area contributed by atoms with E-state index in [4.69, 9.17) is 0 Å². The van der Waals surface area contributed by atoms with Crippen molar-refractivity contribution >= 4 is 45.7 Å². The summed E-state index contributed by atoms with van der Waals surface area (Å²) in [5.74, 6) is 0.0945. The van der Waals surface area contributed by atoms with Crippen molar-refractivity contribution in [3.8, 4) is 0 Å². The first-order valence-corrected chi connectivity index (χ1v) is 11.2. The summed E-state index contributed by atoms with van der Waals surface area (Å²) in [6.07, 6.45) is 3.16. The van der Waals surface area contributed by atoms with Crippen LogP contribution in [0.3, 0.4) is 0 Å². The zero-order chi connectivity index (χ0) is 19.4. The maximum Gasteiger partial charge on any atom is 0.265 e. The Bertz CT molecular complexity index is 828. The molecule has 144 valence electrons. The average Bonchev–Trinajstić information content (AvgIpc) is 3.06. The van der Waals surface area contributed by atoms with Crippen LogP contribution in [0, 0.1) is 10.5 Å². The molecule has 2 amide bonds. The minimum atomic E-state index is 0.0444. The number of carbonyl (C=O) groups excluding carboxylic acids is 2. The van der Waals surface area contributed by atoms with Crippen molar-refractivity contribution in [3.05, 3.63) is 49.0 Å². The van der Waals surface area contributed by atoms with Crippen LogP contribution >= 0.6 is 33.9 Å². The molecule has 3 rings (SSSR count). The van der Waals surface area contributed by atoms with E-state index in [0.29, 0.717) is 26.2 Å². The highest BCUT2D eigenvalue weighted by Crippen LogP contribution is 2.23. The zero-order valence-corrected chi connectivity index (χ0v) is 18.7. The molecule has 2 heterocycles. The van der Waals surface area contributed by atoms with E-state index < -0.39 is 0 Å². The highest BCUT2D eigenvalue weighted by Gasteiger charge is 2.28. The number of hydrogen-bond acceptors (Lipinski definition) is 4. The van der Waals surface area contributed by atoms with Crippen molar-refractivity contribution in [1.82, 2.24) is 14.8 Å². The Balaban J connectivity index is 1.62. The summed E-state index contributed by atoms with van der Waals surface area (Å²) in [6.45, 7) is 6.33. The first kappa shape index (κ1) is 20.3. The van der Waals surface area contributed by atoms with Gasteiger partial charge in [0.1, 0.15) is 4.88 Å². The third-order valence-electron chi connectivity index (χ3n) is 4.74. The number of thiazole rings is 1. The zero-order valence-electron chi connectivity index (χ0n) is 15.7. The van der Waals surface area contributed by atoms with Crippen LogP contribution in [0.2, 0.25) is 0 Å². The molecule has 0 spiro atoms. The van der Waals surface area contributed by atoms with Crippen molar-refractivity contribution in [3.63, 3.8) is 0 Å². The van der Waals surface area contributed by atoms with E-state index in [1.807, 2.05) is 41.0 Å². The second-order valence-electron chi connectivity index (χ2n) is 6.69. The fourth-order valence-corrected chi connectivity index (χ4v) is 4.84. The lowest BCUT2D eigenvalue weighted by molar-refractivity contribution is 0.0537. The van der Waals surface area contributed by atoms with E-state index in [1.165, 1.54) is 11.3 Å². The van der Waals surface area contributed by atoms with Gasteiger partial charge in [-0.15, -0.1) is 11.3 Å². The van der Waals surface area contributed by atoms with E-state index in [9.17, 15) is 9.59 Å². The molecular formula is C20H24IN3O2S. The minimum Gasteiger partial charge on any atom is -0.335 e. The molecule has 0 saturated carbocycles. The number of benzene rings is 1. The fourth-order valence-electron chi connectivity index (χ4n) is 3.15. The lowest BCUT2D eigenvalue weighted by Crippen LogP contribution is -2.50. The predicted molar refractivity (Wildman–Crippen MR) is 116 cm³/mol. The molecule has 0 radical (unpaired) electrons. The van der Waals surface area contributed by atoms with Crippen molar-refractivity contribution < 1.29 is 9.59 Å². The largest absolute Gasteiger partial charge is 0.335 e. The van der Waals surface area contributed by atoms with Gasteiger partial charge >= 0.3 is 0 Å². The number of nitrogens with zero attached hydrogens (tertiary/aromatic N) is 3. The van der Waals surface area contributed by atoms with Crippen molar-refractivity contribution in [2.24, 2.45) is 0 Å². The van der Waals surface area contributed by atoms with Crippen LogP contribution in [0.15, 0.2) is 24.3 Å². The molecule has 1 fully saturated rings. The molecule has 0 aliphatic carbocycles. The maximum absolute atomic E-state index is 12.9. The van der Waals surface area contributed by atoms with E-state index in [1.54, 1.807) is 0 Å². The summed E-state index contributed by atoms with van der Waals surface area (Å²) in [4.78, 5) is 34.6.